The van der Waals surface area contributed by atoms with Crippen LogP contribution in [-0.4, -0.2) is 20.6 Å². The van der Waals surface area contributed by atoms with Crippen LogP contribution in [0.3, 0.4) is 0 Å². The molecule has 3 rings (SSSR count). The van der Waals surface area contributed by atoms with Crippen LogP contribution < -0.4 is 5.32 Å². The van der Waals surface area contributed by atoms with Gasteiger partial charge >= 0.3 is 5.69 Å². The van der Waals surface area contributed by atoms with E-state index in [1.165, 1.54) is 23.5 Å². The Labute approximate surface area is 146 Å². The predicted molar refractivity (Wildman–Crippen MR) is 92.8 cm³/mol. The van der Waals surface area contributed by atoms with Gasteiger partial charge in [0.2, 0.25) is 5.91 Å². The lowest BCUT2D eigenvalue weighted by Crippen LogP contribution is -2.36. The summed E-state index contributed by atoms with van der Waals surface area (Å²) in [4.78, 5) is 22.5. The predicted octanol–water partition coefficient (Wildman–Crippen LogP) is 3.23. The Balaban J connectivity index is 1.50. The number of amides is 1. The number of aromatic nitrogens is 2. The third kappa shape index (κ3) is 4.43. The summed E-state index contributed by atoms with van der Waals surface area (Å²) < 4.78 is 1.51. The lowest BCUT2D eigenvalue weighted by atomic mass is 9.77. The molecule has 2 aromatic rings. The number of benzene rings is 1. The van der Waals surface area contributed by atoms with E-state index in [1.54, 1.807) is 0 Å². The summed E-state index contributed by atoms with van der Waals surface area (Å²) in [7, 11) is 0. The maximum absolute atomic E-state index is 12.3. The molecule has 1 fully saturated rings. The second-order valence-electron chi connectivity index (χ2n) is 6.47. The first-order chi connectivity index (χ1) is 12.1. The van der Waals surface area contributed by atoms with Crippen LogP contribution in [0.2, 0.25) is 0 Å². The number of nitrogens with one attached hydrogen (secondary N) is 1. The summed E-state index contributed by atoms with van der Waals surface area (Å²) in [6.45, 7) is 0.487. The van der Waals surface area contributed by atoms with Crippen molar-refractivity contribution in [2.24, 2.45) is 5.92 Å². The van der Waals surface area contributed by atoms with Gasteiger partial charge in [-0.05, 0) is 30.7 Å². The van der Waals surface area contributed by atoms with E-state index < -0.39 is 4.92 Å². The first-order valence-corrected chi connectivity index (χ1v) is 8.64. The lowest BCUT2D eigenvalue weighted by Gasteiger charge is -2.34. The van der Waals surface area contributed by atoms with E-state index in [0.29, 0.717) is 25.3 Å². The lowest BCUT2D eigenvalue weighted by molar-refractivity contribution is -0.385. The van der Waals surface area contributed by atoms with Gasteiger partial charge in [0.15, 0.2) is 0 Å². The van der Waals surface area contributed by atoms with E-state index >= 15 is 0 Å². The summed E-state index contributed by atoms with van der Waals surface area (Å²) >= 11 is 0. The maximum Gasteiger partial charge on any atom is 0.306 e. The molecule has 1 saturated carbocycles. The number of nitrogens with zero attached hydrogens (tertiary/aromatic N) is 3. The molecule has 0 bridgehead atoms. The zero-order valence-electron chi connectivity index (χ0n) is 14.0. The fourth-order valence-corrected chi connectivity index (χ4v) is 3.12. The van der Waals surface area contributed by atoms with Gasteiger partial charge in [-0.15, -0.1) is 0 Å². The smallest absolute Gasteiger partial charge is 0.306 e. The van der Waals surface area contributed by atoms with Crippen LogP contribution in [0.15, 0.2) is 42.7 Å². The van der Waals surface area contributed by atoms with Gasteiger partial charge in [0.1, 0.15) is 12.4 Å². The largest absolute Gasteiger partial charge is 0.349 e. The van der Waals surface area contributed by atoms with Crippen molar-refractivity contribution in [3.63, 3.8) is 0 Å². The van der Waals surface area contributed by atoms with Crippen molar-refractivity contribution in [2.45, 2.75) is 44.7 Å². The number of hydrogen-bond acceptors (Lipinski definition) is 4. The first-order valence-electron chi connectivity index (χ1n) is 8.64. The van der Waals surface area contributed by atoms with Gasteiger partial charge in [-0.2, -0.15) is 5.10 Å². The zero-order valence-corrected chi connectivity index (χ0v) is 14.0. The minimum atomic E-state index is -0.473. The topological polar surface area (TPSA) is 90.1 Å². The molecule has 0 saturated heterocycles. The highest BCUT2D eigenvalue weighted by Crippen LogP contribution is 2.37. The van der Waals surface area contributed by atoms with Gasteiger partial charge < -0.3 is 5.32 Å². The highest BCUT2D eigenvalue weighted by molar-refractivity contribution is 5.76. The van der Waals surface area contributed by atoms with Crippen LogP contribution in [0.1, 0.15) is 43.7 Å². The SMILES string of the molecule is O=C(CCCn1cc([N+](=O)[O-])cn1)NC(c1ccccc1)C1CCC1. The molecular formula is C18H22N4O3. The minimum absolute atomic E-state index is 0.0161. The Morgan fingerprint density at radius 1 is 1.36 bits per heavy atom. The normalized spacial score (nSPS) is 15.4. The third-order valence-corrected chi connectivity index (χ3v) is 4.72. The van der Waals surface area contributed by atoms with Gasteiger partial charge in [-0.25, -0.2) is 0 Å². The van der Waals surface area contributed by atoms with Crippen LogP contribution in [0.25, 0.3) is 0 Å². The molecule has 1 heterocycles. The van der Waals surface area contributed by atoms with E-state index in [9.17, 15) is 14.9 Å². The number of carbonyl (C=O) groups is 1. The molecule has 7 heteroatoms. The average molecular weight is 342 g/mol. The fraction of sp³-hybridized carbons (Fsp3) is 0.444. The fourth-order valence-electron chi connectivity index (χ4n) is 3.12. The Kier molecular flexibility index (Phi) is 5.42. The summed E-state index contributed by atoms with van der Waals surface area (Å²) in [6, 6.07) is 10.2. The molecule has 1 aromatic carbocycles. The maximum atomic E-state index is 12.3. The molecule has 1 unspecified atom stereocenters. The highest BCUT2D eigenvalue weighted by Gasteiger charge is 2.29. The molecule has 7 nitrogen and oxygen atoms in total. The number of hydrogen-bond donors (Lipinski definition) is 1. The van der Waals surface area contributed by atoms with Gasteiger partial charge in [-0.3, -0.25) is 19.6 Å². The van der Waals surface area contributed by atoms with Crippen molar-refractivity contribution >= 4 is 11.6 Å². The Morgan fingerprint density at radius 3 is 2.72 bits per heavy atom. The van der Waals surface area contributed by atoms with E-state index in [2.05, 4.69) is 22.5 Å². The van der Waals surface area contributed by atoms with Crippen molar-refractivity contribution in [3.8, 4) is 0 Å². The Morgan fingerprint density at radius 2 is 2.12 bits per heavy atom. The summed E-state index contributed by atoms with van der Waals surface area (Å²) in [5.74, 6) is 0.530. The molecule has 132 valence electrons. The highest BCUT2D eigenvalue weighted by atomic mass is 16.6. The van der Waals surface area contributed by atoms with E-state index in [1.807, 2.05) is 18.2 Å². The molecule has 1 atom stereocenters. The van der Waals surface area contributed by atoms with Crippen molar-refractivity contribution < 1.29 is 9.72 Å². The summed E-state index contributed by atoms with van der Waals surface area (Å²) in [5.41, 5.74) is 1.13. The van der Waals surface area contributed by atoms with E-state index in [-0.39, 0.29) is 17.6 Å². The van der Waals surface area contributed by atoms with E-state index in [4.69, 9.17) is 0 Å². The molecule has 1 aliphatic carbocycles. The van der Waals surface area contributed by atoms with Crippen LogP contribution in [0.5, 0.6) is 0 Å². The Bertz CT molecular complexity index is 725. The number of carbonyl (C=O) groups excluding carboxylic acids is 1. The minimum Gasteiger partial charge on any atom is -0.349 e. The van der Waals surface area contributed by atoms with Gasteiger partial charge in [0.05, 0.1) is 11.0 Å². The van der Waals surface area contributed by atoms with Crippen LogP contribution in [0.4, 0.5) is 5.69 Å². The molecule has 0 aliphatic heterocycles. The molecule has 1 N–H and O–H groups in total. The van der Waals surface area contributed by atoms with E-state index in [0.717, 1.165) is 18.4 Å². The monoisotopic (exact) mass is 342 g/mol. The summed E-state index contributed by atoms with van der Waals surface area (Å²) in [6.07, 6.45) is 7.11. The summed E-state index contributed by atoms with van der Waals surface area (Å²) in [5, 5.41) is 17.7. The van der Waals surface area contributed by atoms with Crippen LogP contribution >= 0.6 is 0 Å². The van der Waals surface area contributed by atoms with Crippen molar-refractivity contribution in [3.05, 3.63) is 58.4 Å². The van der Waals surface area contributed by atoms with Crippen LogP contribution in [0, 0.1) is 16.0 Å². The number of aryl methyl sites for hydroxylation is 1. The second kappa shape index (κ2) is 7.92. The second-order valence-corrected chi connectivity index (χ2v) is 6.47. The third-order valence-electron chi connectivity index (χ3n) is 4.72. The van der Waals surface area contributed by atoms with Crippen molar-refractivity contribution in [1.82, 2.24) is 15.1 Å². The molecule has 1 amide bonds. The molecule has 1 aromatic heterocycles. The first kappa shape index (κ1) is 17.1. The molecular weight excluding hydrogens is 320 g/mol. The van der Waals surface area contributed by atoms with Crippen molar-refractivity contribution in [2.75, 3.05) is 0 Å². The van der Waals surface area contributed by atoms with Crippen molar-refractivity contribution in [1.29, 1.82) is 0 Å². The molecule has 0 radical (unpaired) electrons. The number of rotatable bonds is 8. The van der Waals surface area contributed by atoms with Gasteiger partial charge in [0, 0.05) is 13.0 Å². The molecule has 0 spiro atoms. The average Bonchev–Trinajstić information content (AvgIpc) is 3.03. The van der Waals surface area contributed by atoms with Crippen LogP contribution in [-0.2, 0) is 11.3 Å². The van der Waals surface area contributed by atoms with Gasteiger partial charge in [-0.1, -0.05) is 36.8 Å². The molecule has 1 aliphatic rings. The zero-order chi connectivity index (χ0) is 17.6. The molecule has 25 heavy (non-hydrogen) atoms. The quantitative estimate of drug-likeness (QED) is 0.589. The Hall–Kier alpha value is -2.70. The number of nitro groups is 1. The standard InChI is InChI=1S/C18H22N4O3/c23-17(10-5-11-21-13-16(12-19-21)22(24)25)20-18(15-8-4-9-15)14-6-2-1-3-7-14/h1-3,6-7,12-13,15,18H,4-5,8-11H2,(H,20,23). The van der Waals surface area contributed by atoms with Gasteiger partial charge in [0.25, 0.3) is 0 Å².